The Morgan fingerprint density at radius 2 is 2.17 bits per heavy atom. The molecule has 0 radical (unpaired) electrons. The number of hydrogen-bond donors (Lipinski definition) is 1. The molecule has 98 valence electrons. The number of rotatable bonds is 3. The lowest BCUT2D eigenvalue weighted by Crippen LogP contribution is -2.39. The summed E-state index contributed by atoms with van der Waals surface area (Å²) in [5.74, 6) is 0.101. The van der Waals surface area contributed by atoms with Gasteiger partial charge in [0.1, 0.15) is 0 Å². The van der Waals surface area contributed by atoms with E-state index in [1.54, 1.807) is 0 Å². The Morgan fingerprint density at radius 3 is 2.83 bits per heavy atom. The predicted molar refractivity (Wildman–Crippen MR) is 74.6 cm³/mol. The van der Waals surface area contributed by atoms with Crippen LogP contribution in [-0.2, 0) is 16.0 Å². The minimum absolute atomic E-state index is 0.101. The average Bonchev–Trinajstić information content (AvgIpc) is 2.35. The number of carbonyl (C=O) groups is 1. The Kier molecular flexibility index (Phi) is 4.78. The molecule has 1 aliphatic rings. The first-order chi connectivity index (χ1) is 8.65. The van der Waals surface area contributed by atoms with Crippen LogP contribution in [0.1, 0.15) is 24.0 Å². The van der Waals surface area contributed by atoms with Crippen molar-refractivity contribution in [2.75, 3.05) is 13.2 Å². The highest BCUT2D eigenvalue weighted by molar-refractivity contribution is 9.10. The summed E-state index contributed by atoms with van der Waals surface area (Å²) in [6, 6.07) is 6.31. The molecule has 3 nitrogen and oxygen atoms in total. The van der Waals surface area contributed by atoms with Gasteiger partial charge in [0.05, 0.1) is 6.42 Å². The third kappa shape index (κ3) is 3.82. The minimum Gasteiger partial charge on any atom is -0.381 e. The molecule has 0 spiro atoms. The molecule has 1 heterocycles. The van der Waals surface area contributed by atoms with E-state index < -0.39 is 0 Å². The molecule has 18 heavy (non-hydrogen) atoms. The van der Waals surface area contributed by atoms with Crippen molar-refractivity contribution < 1.29 is 9.53 Å². The zero-order valence-corrected chi connectivity index (χ0v) is 12.1. The van der Waals surface area contributed by atoms with E-state index in [1.165, 1.54) is 0 Å². The average molecular weight is 312 g/mol. The van der Waals surface area contributed by atoms with E-state index in [0.29, 0.717) is 6.42 Å². The van der Waals surface area contributed by atoms with Gasteiger partial charge in [0.2, 0.25) is 5.91 Å². The number of benzene rings is 1. The number of aryl methyl sites for hydroxylation is 1. The molecule has 2 rings (SSSR count). The highest BCUT2D eigenvalue weighted by Gasteiger charge is 2.16. The Bertz CT molecular complexity index is 428. The van der Waals surface area contributed by atoms with Crippen LogP contribution in [0.5, 0.6) is 0 Å². The van der Waals surface area contributed by atoms with Crippen molar-refractivity contribution in [3.05, 3.63) is 33.8 Å². The summed E-state index contributed by atoms with van der Waals surface area (Å²) in [6.45, 7) is 3.54. The Hall–Kier alpha value is -0.870. The van der Waals surface area contributed by atoms with E-state index in [0.717, 1.165) is 41.7 Å². The predicted octanol–water partition coefficient (Wildman–Crippen LogP) is 2.60. The summed E-state index contributed by atoms with van der Waals surface area (Å²) < 4.78 is 6.35. The van der Waals surface area contributed by atoms with Crippen molar-refractivity contribution in [3.8, 4) is 0 Å². The summed E-state index contributed by atoms with van der Waals surface area (Å²) in [6.07, 6.45) is 2.29. The summed E-state index contributed by atoms with van der Waals surface area (Å²) in [5.41, 5.74) is 2.21. The quantitative estimate of drug-likeness (QED) is 0.932. The van der Waals surface area contributed by atoms with Gasteiger partial charge >= 0.3 is 0 Å². The largest absolute Gasteiger partial charge is 0.381 e. The molecule has 0 saturated carbocycles. The van der Waals surface area contributed by atoms with Crippen molar-refractivity contribution >= 4 is 21.8 Å². The van der Waals surface area contributed by atoms with E-state index in [4.69, 9.17) is 4.74 Å². The molecule has 1 aliphatic heterocycles. The van der Waals surface area contributed by atoms with Crippen LogP contribution in [0, 0.1) is 6.92 Å². The van der Waals surface area contributed by atoms with Crippen LogP contribution < -0.4 is 5.32 Å². The minimum atomic E-state index is 0.101. The van der Waals surface area contributed by atoms with Crippen molar-refractivity contribution in [1.82, 2.24) is 5.32 Å². The monoisotopic (exact) mass is 311 g/mol. The molecule has 1 amide bonds. The lowest BCUT2D eigenvalue weighted by Gasteiger charge is -2.23. The van der Waals surface area contributed by atoms with E-state index in [1.807, 2.05) is 25.1 Å². The van der Waals surface area contributed by atoms with Crippen molar-refractivity contribution in [2.24, 2.45) is 0 Å². The summed E-state index contributed by atoms with van der Waals surface area (Å²) in [7, 11) is 0. The fourth-order valence-electron chi connectivity index (χ4n) is 2.12. The molecule has 1 aromatic rings. The van der Waals surface area contributed by atoms with E-state index in [-0.39, 0.29) is 11.9 Å². The number of hydrogen-bond acceptors (Lipinski definition) is 2. The van der Waals surface area contributed by atoms with E-state index in [9.17, 15) is 4.79 Å². The molecule has 1 N–H and O–H groups in total. The summed E-state index contributed by atoms with van der Waals surface area (Å²) >= 11 is 3.46. The van der Waals surface area contributed by atoms with Crippen LogP contribution >= 0.6 is 15.9 Å². The first kappa shape index (κ1) is 13.6. The Labute approximate surface area is 116 Å². The molecule has 1 saturated heterocycles. The topological polar surface area (TPSA) is 38.3 Å². The van der Waals surface area contributed by atoms with Gasteiger partial charge in [-0.2, -0.15) is 0 Å². The first-order valence-electron chi connectivity index (χ1n) is 6.27. The number of amides is 1. The molecule has 0 unspecified atom stereocenters. The highest BCUT2D eigenvalue weighted by atomic mass is 79.9. The molecule has 0 atom stereocenters. The zero-order valence-electron chi connectivity index (χ0n) is 10.5. The Morgan fingerprint density at radius 1 is 1.44 bits per heavy atom. The van der Waals surface area contributed by atoms with Gasteiger partial charge in [-0.25, -0.2) is 0 Å². The molecule has 1 fully saturated rings. The van der Waals surface area contributed by atoms with Crippen LogP contribution in [0.15, 0.2) is 22.7 Å². The SMILES string of the molecule is Cc1cc(CC(=O)NC2CCOCC2)ccc1Br. The van der Waals surface area contributed by atoms with Gasteiger partial charge in [-0.15, -0.1) is 0 Å². The van der Waals surface area contributed by atoms with Gasteiger partial charge in [0.15, 0.2) is 0 Å². The molecular weight excluding hydrogens is 294 g/mol. The number of ether oxygens (including phenoxy) is 1. The standard InChI is InChI=1S/C14H18BrNO2/c1-10-8-11(2-3-13(10)15)9-14(17)16-12-4-6-18-7-5-12/h2-3,8,12H,4-7,9H2,1H3,(H,16,17). The lowest BCUT2D eigenvalue weighted by atomic mass is 10.1. The van der Waals surface area contributed by atoms with Gasteiger partial charge in [-0.3, -0.25) is 4.79 Å². The fraction of sp³-hybridized carbons (Fsp3) is 0.500. The number of nitrogens with one attached hydrogen (secondary N) is 1. The second-order valence-electron chi connectivity index (χ2n) is 4.71. The lowest BCUT2D eigenvalue weighted by molar-refractivity contribution is -0.121. The molecule has 1 aromatic carbocycles. The maximum atomic E-state index is 11.9. The van der Waals surface area contributed by atoms with Gasteiger partial charge < -0.3 is 10.1 Å². The second-order valence-corrected chi connectivity index (χ2v) is 5.57. The molecule has 0 bridgehead atoms. The van der Waals surface area contributed by atoms with Crippen LogP contribution in [0.25, 0.3) is 0 Å². The smallest absolute Gasteiger partial charge is 0.224 e. The van der Waals surface area contributed by atoms with Crippen molar-refractivity contribution in [2.45, 2.75) is 32.2 Å². The Balaban J connectivity index is 1.88. The number of halogens is 1. The van der Waals surface area contributed by atoms with Gasteiger partial charge in [-0.1, -0.05) is 28.1 Å². The molecule has 4 heteroatoms. The maximum Gasteiger partial charge on any atom is 0.224 e. The van der Waals surface area contributed by atoms with Crippen LogP contribution in [0.3, 0.4) is 0 Å². The van der Waals surface area contributed by atoms with Crippen LogP contribution in [-0.4, -0.2) is 25.2 Å². The van der Waals surface area contributed by atoms with Gasteiger partial charge in [-0.05, 0) is 37.0 Å². The van der Waals surface area contributed by atoms with Gasteiger partial charge in [0, 0.05) is 23.7 Å². The third-order valence-electron chi connectivity index (χ3n) is 3.17. The van der Waals surface area contributed by atoms with E-state index >= 15 is 0 Å². The van der Waals surface area contributed by atoms with Crippen LogP contribution in [0.4, 0.5) is 0 Å². The normalized spacial score (nSPS) is 16.6. The summed E-state index contributed by atoms with van der Waals surface area (Å²) in [5, 5.41) is 3.07. The zero-order chi connectivity index (χ0) is 13.0. The van der Waals surface area contributed by atoms with Crippen molar-refractivity contribution in [3.63, 3.8) is 0 Å². The molecular formula is C14H18BrNO2. The van der Waals surface area contributed by atoms with Crippen LogP contribution in [0.2, 0.25) is 0 Å². The first-order valence-corrected chi connectivity index (χ1v) is 7.06. The maximum absolute atomic E-state index is 11.9. The highest BCUT2D eigenvalue weighted by Crippen LogP contribution is 2.17. The van der Waals surface area contributed by atoms with E-state index in [2.05, 4.69) is 21.2 Å². The second kappa shape index (κ2) is 6.34. The van der Waals surface area contributed by atoms with Gasteiger partial charge in [0.25, 0.3) is 0 Å². The third-order valence-corrected chi connectivity index (χ3v) is 4.06. The molecule has 0 aromatic heterocycles. The van der Waals surface area contributed by atoms with Crippen molar-refractivity contribution in [1.29, 1.82) is 0 Å². The molecule has 0 aliphatic carbocycles. The fourth-order valence-corrected chi connectivity index (χ4v) is 2.37. The summed E-state index contributed by atoms with van der Waals surface area (Å²) in [4.78, 5) is 11.9. The number of carbonyl (C=O) groups excluding carboxylic acids is 1.